The van der Waals surface area contributed by atoms with Gasteiger partial charge in [-0.25, -0.2) is 0 Å². The van der Waals surface area contributed by atoms with Crippen LogP contribution in [-0.4, -0.2) is 47.3 Å². The van der Waals surface area contributed by atoms with Crippen molar-refractivity contribution in [1.82, 2.24) is 4.90 Å². The van der Waals surface area contributed by atoms with Gasteiger partial charge in [-0.05, 0) is 38.1 Å². The number of ether oxygens (including phenoxy) is 1. The van der Waals surface area contributed by atoms with Crippen molar-refractivity contribution in [1.29, 1.82) is 0 Å². The van der Waals surface area contributed by atoms with Crippen molar-refractivity contribution < 1.29 is 19.4 Å². The molecule has 1 N–H and O–H groups in total. The molecule has 0 aliphatic carbocycles. The van der Waals surface area contributed by atoms with Crippen molar-refractivity contribution in [2.24, 2.45) is 0 Å². The van der Waals surface area contributed by atoms with Crippen LogP contribution in [0.3, 0.4) is 0 Å². The second kappa shape index (κ2) is 8.56. The van der Waals surface area contributed by atoms with E-state index in [0.29, 0.717) is 5.75 Å². The van der Waals surface area contributed by atoms with E-state index in [1.165, 1.54) is 11.8 Å². The van der Waals surface area contributed by atoms with Crippen LogP contribution in [0.15, 0.2) is 29.2 Å². The molecule has 0 aliphatic heterocycles. The number of carbonyl (C=O) groups excluding carboxylic acids is 1. The molecule has 0 saturated heterocycles. The number of carboxylic acid groups (broad SMARTS) is 1. The van der Waals surface area contributed by atoms with Crippen molar-refractivity contribution in [3.05, 3.63) is 24.3 Å². The first-order valence-electron chi connectivity index (χ1n) is 6.72. The van der Waals surface area contributed by atoms with Gasteiger partial charge in [0.2, 0.25) is 5.91 Å². The monoisotopic (exact) mass is 311 g/mol. The van der Waals surface area contributed by atoms with E-state index < -0.39 is 5.97 Å². The summed E-state index contributed by atoms with van der Waals surface area (Å²) in [5, 5.41) is 8.73. The predicted octanol–water partition coefficient (Wildman–Crippen LogP) is 2.50. The lowest BCUT2D eigenvalue weighted by Crippen LogP contribution is -2.39. The fraction of sp³-hybridized carbons (Fsp3) is 0.467. The normalized spacial score (nSPS) is 10.5. The van der Waals surface area contributed by atoms with E-state index in [1.807, 2.05) is 38.1 Å². The van der Waals surface area contributed by atoms with Gasteiger partial charge < -0.3 is 14.7 Å². The van der Waals surface area contributed by atoms with E-state index in [-0.39, 0.29) is 24.9 Å². The fourth-order valence-electron chi connectivity index (χ4n) is 1.79. The molecule has 1 aromatic rings. The number of carboxylic acids is 1. The molecule has 1 aromatic carbocycles. The molecule has 0 heterocycles. The smallest absolute Gasteiger partial charge is 0.305 e. The summed E-state index contributed by atoms with van der Waals surface area (Å²) in [4.78, 5) is 25.4. The van der Waals surface area contributed by atoms with Crippen molar-refractivity contribution >= 4 is 23.6 Å². The Morgan fingerprint density at radius 2 is 1.90 bits per heavy atom. The maximum absolute atomic E-state index is 12.2. The average molecular weight is 311 g/mol. The number of aliphatic carboxylic acids is 1. The molecule has 0 aromatic heterocycles. The second-order valence-corrected chi connectivity index (χ2v) is 5.84. The van der Waals surface area contributed by atoms with Gasteiger partial charge in [-0.15, -0.1) is 11.8 Å². The number of hydrogen-bond donors (Lipinski definition) is 1. The highest BCUT2D eigenvalue weighted by atomic mass is 32.2. The van der Waals surface area contributed by atoms with Crippen molar-refractivity contribution in [2.75, 3.05) is 19.4 Å². The quantitative estimate of drug-likeness (QED) is 0.747. The molecule has 0 unspecified atom stereocenters. The molecule has 0 saturated carbocycles. The summed E-state index contributed by atoms with van der Waals surface area (Å²) >= 11 is 1.43. The standard InChI is InChI=1S/C15H21NO4S/c1-11(2)16(9-8-15(18)19)14(17)10-21-13-6-4-12(20-3)5-7-13/h4-7,11H,8-10H2,1-3H3,(H,18,19). The Labute approximate surface area is 129 Å². The summed E-state index contributed by atoms with van der Waals surface area (Å²) in [5.41, 5.74) is 0. The molecular formula is C15H21NO4S. The molecule has 5 nitrogen and oxygen atoms in total. The topological polar surface area (TPSA) is 66.8 Å². The van der Waals surface area contributed by atoms with E-state index >= 15 is 0 Å². The first-order chi connectivity index (χ1) is 9.93. The molecule has 0 fully saturated rings. The van der Waals surface area contributed by atoms with Gasteiger partial charge in [0.05, 0.1) is 19.3 Å². The van der Waals surface area contributed by atoms with E-state index in [4.69, 9.17) is 9.84 Å². The molecule has 1 amide bonds. The van der Waals surface area contributed by atoms with Crippen LogP contribution >= 0.6 is 11.8 Å². The van der Waals surface area contributed by atoms with Gasteiger partial charge in [-0.3, -0.25) is 9.59 Å². The predicted molar refractivity (Wildman–Crippen MR) is 82.8 cm³/mol. The van der Waals surface area contributed by atoms with E-state index in [1.54, 1.807) is 12.0 Å². The number of rotatable bonds is 8. The third-order valence-electron chi connectivity index (χ3n) is 2.93. The number of amides is 1. The maximum Gasteiger partial charge on any atom is 0.305 e. The zero-order valence-electron chi connectivity index (χ0n) is 12.5. The van der Waals surface area contributed by atoms with E-state index in [9.17, 15) is 9.59 Å². The van der Waals surface area contributed by atoms with Crippen LogP contribution in [-0.2, 0) is 9.59 Å². The van der Waals surface area contributed by atoms with Gasteiger partial charge >= 0.3 is 5.97 Å². The van der Waals surface area contributed by atoms with Crippen LogP contribution in [0.1, 0.15) is 20.3 Å². The van der Waals surface area contributed by atoms with Crippen molar-refractivity contribution in [3.8, 4) is 5.75 Å². The highest BCUT2D eigenvalue weighted by Gasteiger charge is 2.17. The number of nitrogens with zero attached hydrogens (tertiary/aromatic N) is 1. The first kappa shape index (κ1) is 17.4. The molecule has 0 radical (unpaired) electrons. The largest absolute Gasteiger partial charge is 0.497 e. The van der Waals surface area contributed by atoms with Crippen LogP contribution in [0.25, 0.3) is 0 Å². The minimum absolute atomic E-state index is 0.00619. The average Bonchev–Trinajstić information content (AvgIpc) is 2.45. The minimum atomic E-state index is -0.892. The highest BCUT2D eigenvalue weighted by molar-refractivity contribution is 8.00. The zero-order valence-corrected chi connectivity index (χ0v) is 13.4. The molecule has 0 spiro atoms. The molecule has 0 atom stereocenters. The van der Waals surface area contributed by atoms with E-state index in [0.717, 1.165) is 10.6 Å². The highest BCUT2D eigenvalue weighted by Crippen LogP contribution is 2.21. The second-order valence-electron chi connectivity index (χ2n) is 4.79. The number of thioether (sulfide) groups is 1. The molecular weight excluding hydrogens is 290 g/mol. The summed E-state index contributed by atoms with van der Waals surface area (Å²) in [6.45, 7) is 4.02. The Hall–Kier alpha value is -1.69. The third-order valence-corrected chi connectivity index (χ3v) is 3.93. The molecule has 1 rings (SSSR count). The van der Waals surface area contributed by atoms with Gasteiger partial charge in [-0.2, -0.15) is 0 Å². The molecule has 6 heteroatoms. The van der Waals surface area contributed by atoms with Crippen molar-refractivity contribution in [2.45, 2.75) is 31.2 Å². The Morgan fingerprint density at radius 1 is 1.29 bits per heavy atom. The molecule has 21 heavy (non-hydrogen) atoms. The summed E-state index contributed by atoms with van der Waals surface area (Å²) in [5.74, 6) is 0.128. The molecule has 0 aliphatic rings. The molecule has 0 bridgehead atoms. The SMILES string of the molecule is COc1ccc(SCC(=O)N(CCC(=O)O)C(C)C)cc1. The number of carbonyl (C=O) groups is 2. The summed E-state index contributed by atoms with van der Waals surface area (Å²) < 4.78 is 5.08. The summed E-state index contributed by atoms with van der Waals surface area (Å²) in [6, 6.07) is 7.48. The van der Waals surface area contributed by atoms with Crippen molar-refractivity contribution in [3.63, 3.8) is 0 Å². The van der Waals surface area contributed by atoms with Gasteiger partial charge in [0.15, 0.2) is 0 Å². The lowest BCUT2D eigenvalue weighted by Gasteiger charge is -2.26. The third kappa shape index (κ3) is 6.08. The number of methoxy groups -OCH3 is 1. The lowest BCUT2D eigenvalue weighted by molar-refractivity contribution is -0.138. The maximum atomic E-state index is 12.2. The summed E-state index contributed by atoms with van der Waals surface area (Å²) in [7, 11) is 1.61. The number of hydrogen-bond acceptors (Lipinski definition) is 4. The van der Waals surface area contributed by atoms with Crippen LogP contribution in [0, 0.1) is 0 Å². The zero-order chi connectivity index (χ0) is 15.8. The fourth-order valence-corrected chi connectivity index (χ4v) is 2.57. The molecule has 116 valence electrons. The van der Waals surface area contributed by atoms with Crippen LogP contribution in [0.5, 0.6) is 5.75 Å². The summed E-state index contributed by atoms with van der Waals surface area (Å²) in [6.07, 6.45) is -0.0306. The van der Waals surface area contributed by atoms with E-state index in [2.05, 4.69) is 0 Å². The van der Waals surface area contributed by atoms with Crippen LogP contribution in [0.4, 0.5) is 0 Å². The van der Waals surface area contributed by atoms with Crippen LogP contribution in [0.2, 0.25) is 0 Å². The Kier molecular flexibility index (Phi) is 7.08. The first-order valence-corrected chi connectivity index (χ1v) is 7.70. The Bertz CT molecular complexity index is 473. The Morgan fingerprint density at radius 3 is 2.38 bits per heavy atom. The number of benzene rings is 1. The lowest BCUT2D eigenvalue weighted by atomic mass is 10.3. The van der Waals surface area contributed by atoms with Gasteiger partial charge in [0, 0.05) is 17.5 Å². The Balaban J connectivity index is 2.54. The van der Waals surface area contributed by atoms with Crippen LogP contribution < -0.4 is 4.74 Å². The van der Waals surface area contributed by atoms with Gasteiger partial charge in [0.1, 0.15) is 5.75 Å². The minimum Gasteiger partial charge on any atom is -0.497 e. The van der Waals surface area contributed by atoms with Gasteiger partial charge in [0.25, 0.3) is 0 Å². The van der Waals surface area contributed by atoms with Gasteiger partial charge in [-0.1, -0.05) is 0 Å².